The van der Waals surface area contributed by atoms with Crippen LogP contribution in [-0.4, -0.2) is 17.1 Å². The van der Waals surface area contributed by atoms with Crippen molar-refractivity contribution in [3.05, 3.63) is 35.4 Å². The van der Waals surface area contributed by atoms with Gasteiger partial charge in [-0.2, -0.15) is 0 Å². The molecule has 3 nitrogen and oxygen atoms in total. The number of thiocarbonyl (C=S) groups is 1. The van der Waals surface area contributed by atoms with E-state index in [1.165, 1.54) is 0 Å². The summed E-state index contributed by atoms with van der Waals surface area (Å²) in [6.07, 6.45) is 0.959. The molecule has 1 amide bonds. The maximum absolute atomic E-state index is 11.8. The molecule has 0 aliphatic carbocycles. The second-order valence-electron chi connectivity index (χ2n) is 4.10. The van der Waals surface area contributed by atoms with E-state index in [-0.39, 0.29) is 11.9 Å². The van der Waals surface area contributed by atoms with Crippen LogP contribution in [0.15, 0.2) is 24.3 Å². The highest BCUT2D eigenvalue weighted by atomic mass is 32.1. The quantitative estimate of drug-likeness (QED) is 0.809. The zero-order chi connectivity index (χ0) is 12.8. The number of carbonyl (C=O) groups excluding carboxylic acids is 1. The van der Waals surface area contributed by atoms with E-state index in [2.05, 4.69) is 17.6 Å². The molecule has 1 aromatic rings. The summed E-state index contributed by atoms with van der Waals surface area (Å²) in [7, 11) is 0. The lowest BCUT2D eigenvalue weighted by Gasteiger charge is -2.14. The molecule has 1 aromatic carbocycles. The van der Waals surface area contributed by atoms with Gasteiger partial charge in [-0.3, -0.25) is 10.1 Å². The van der Waals surface area contributed by atoms with Crippen molar-refractivity contribution in [2.24, 2.45) is 0 Å². The molecule has 0 saturated carbocycles. The Hall–Kier alpha value is -1.42. The Morgan fingerprint density at radius 2 is 1.94 bits per heavy atom. The van der Waals surface area contributed by atoms with E-state index < -0.39 is 0 Å². The topological polar surface area (TPSA) is 41.1 Å². The number of benzene rings is 1. The van der Waals surface area contributed by atoms with Crippen molar-refractivity contribution in [1.29, 1.82) is 0 Å². The summed E-state index contributed by atoms with van der Waals surface area (Å²) in [6, 6.07) is 7.65. The Kier molecular flexibility index (Phi) is 5.10. The number of rotatable bonds is 3. The second-order valence-corrected chi connectivity index (χ2v) is 4.51. The Bertz CT molecular complexity index is 400. The third-order valence-electron chi connectivity index (χ3n) is 2.53. The predicted molar refractivity (Wildman–Crippen MR) is 74.1 cm³/mol. The summed E-state index contributed by atoms with van der Waals surface area (Å²) in [6.45, 7) is 6.06. The van der Waals surface area contributed by atoms with Crippen molar-refractivity contribution in [2.45, 2.75) is 33.2 Å². The van der Waals surface area contributed by atoms with Gasteiger partial charge < -0.3 is 5.32 Å². The van der Waals surface area contributed by atoms with Gasteiger partial charge in [-0.25, -0.2) is 0 Å². The van der Waals surface area contributed by atoms with Crippen LogP contribution in [0.1, 0.15) is 36.2 Å². The number of nitrogens with one attached hydrogen (secondary N) is 2. The lowest BCUT2D eigenvalue weighted by Crippen LogP contribution is -2.43. The molecular formula is C13H18N2OS. The molecule has 0 spiro atoms. The summed E-state index contributed by atoms with van der Waals surface area (Å²) in [5, 5.41) is 6.08. The summed E-state index contributed by atoms with van der Waals surface area (Å²) in [5.74, 6) is -0.175. The van der Waals surface area contributed by atoms with Crippen LogP contribution >= 0.6 is 12.2 Å². The molecule has 0 aliphatic heterocycles. The van der Waals surface area contributed by atoms with Crippen molar-refractivity contribution in [1.82, 2.24) is 10.6 Å². The SMILES string of the molecule is CCC(C)NC(=S)NC(=O)c1ccc(C)cc1. The fraction of sp³-hybridized carbons (Fsp3) is 0.385. The highest BCUT2D eigenvalue weighted by molar-refractivity contribution is 7.80. The minimum absolute atomic E-state index is 0.175. The van der Waals surface area contributed by atoms with Gasteiger partial charge in [0.15, 0.2) is 5.11 Å². The van der Waals surface area contributed by atoms with Crippen molar-refractivity contribution in [2.75, 3.05) is 0 Å². The molecule has 0 aromatic heterocycles. The van der Waals surface area contributed by atoms with Crippen LogP contribution in [0.2, 0.25) is 0 Å². The van der Waals surface area contributed by atoms with Crippen molar-refractivity contribution in [3.63, 3.8) is 0 Å². The standard InChI is InChI=1S/C13H18N2OS/c1-4-10(3)14-13(17)15-12(16)11-7-5-9(2)6-8-11/h5-8,10H,4H2,1-3H3,(H2,14,15,16,17). The van der Waals surface area contributed by atoms with Crippen molar-refractivity contribution in [3.8, 4) is 0 Å². The van der Waals surface area contributed by atoms with Crippen LogP contribution < -0.4 is 10.6 Å². The molecule has 0 heterocycles. The zero-order valence-electron chi connectivity index (χ0n) is 10.4. The number of carbonyl (C=O) groups is 1. The fourth-order valence-electron chi connectivity index (χ4n) is 1.24. The van der Waals surface area contributed by atoms with E-state index in [1.807, 2.05) is 26.0 Å². The molecule has 0 radical (unpaired) electrons. The average Bonchev–Trinajstić information content (AvgIpc) is 2.29. The first-order valence-corrected chi connectivity index (χ1v) is 6.12. The molecule has 0 fully saturated rings. The highest BCUT2D eigenvalue weighted by Crippen LogP contribution is 2.02. The molecular weight excluding hydrogens is 232 g/mol. The highest BCUT2D eigenvalue weighted by Gasteiger charge is 2.08. The minimum atomic E-state index is -0.175. The predicted octanol–water partition coefficient (Wildman–Crippen LogP) is 2.40. The lowest BCUT2D eigenvalue weighted by atomic mass is 10.1. The van der Waals surface area contributed by atoms with Crippen molar-refractivity contribution < 1.29 is 4.79 Å². The first kappa shape index (κ1) is 13.6. The molecule has 0 aliphatic rings. The molecule has 2 N–H and O–H groups in total. The summed E-state index contributed by atoms with van der Waals surface area (Å²) in [5.41, 5.74) is 1.74. The third-order valence-corrected chi connectivity index (χ3v) is 2.75. The molecule has 4 heteroatoms. The number of amides is 1. The summed E-state index contributed by atoms with van der Waals surface area (Å²) >= 11 is 5.06. The zero-order valence-corrected chi connectivity index (χ0v) is 11.2. The van der Waals surface area contributed by atoms with Crippen LogP contribution in [0.3, 0.4) is 0 Å². The van der Waals surface area contributed by atoms with Gasteiger partial charge in [0.25, 0.3) is 5.91 Å². The van der Waals surface area contributed by atoms with E-state index in [4.69, 9.17) is 12.2 Å². The molecule has 92 valence electrons. The Morgan fingerprint density at radius 3 is 2.47 bits per heavy atom. The summed E-state index contributed by atoms with van der Waals surface area (Å²) in [4.78, 5) is 11.8. The first-order valence-electron chi connectivity index (χ1n) is 5.71. The van der Waals surface area contributed by atoms with Crippen molar-refractivity contribution >= 4 is 23.2 Å². The maximum atomic E-state index is 11.8. The molecule has 1 rings (SSSR count). The number of hydrogen-bond donors (Lipinski definition) is 2. The van der Waals surface area contributed by atoms with Gasteiger partial charge in [-0.05, 0) is 44.6 Å². The van der Waals surface area contributed by atoms with Crippen LogP contribution in [0.5, 0.6) is 0 Å². The molecule has 1 unspecified atom stereocenters. The van der Waals surface area contributed by atoms with Gasteiger partial charge in [0.05, 0.1) is 0 Å². The van der Waals surface area contributed by atoms with E-state index in [0.717, 1.165) is 12.0 Å². The van der Waals surface area contributed by atoms with Crippen LogP contribution in [-0.2, 0) is 0 Å². The van der Waals surface area contributed by atoms with Gasteiger partial charge in [0.2, 0.25) is 0 Å². The molecule has 1 atom stereocenters. The Morgan fingerprint density at radius 1 is 1.35 bits per heavy atom. The lowest BCUT2D eigenvalue weighted by molar-refractivity contribution is 0.0976. The molecule has 0 saturated heterocycles. The van der Waals surface area contributed by atoms with Gasteiger partial charge in [-0.15, -0.1) is 0 Å². The summed E-state index contributed by atoms with van der Waals surface area (Å²) < 4.78 is 0. The van der Waals surface area contributed by atoms with Crippen LogP contribution in [0, 0.1) is 6.92 Å². The van der Waals surface area contributed by atoms with Gasteiger partial charge in [0, 0.05) is 11.6 Å². The van der Waals surface area contributed by atoms with E-state index in [9.17, 15) is 4.79 Å². The number of hydrogen-bond acceptors (Lipinski definition) is 2. The Balaban J connectivity index is 2.54. The van der Waals surface area contributed by atoms with E-state index in [1.54, 1.807) is 12.1 Å². The van der Waals surface area contributed by atoms with E-state index in [0.29, 0.717) is 10.7 Å². The molecule has 17 heavy (non-hydrogen) atoms. The largest absolute Gasteiger partial charge is 0.360 e. The monoisotopic (exact) mass is 250 g/mol. The average molecular weight is 250 g/mol. The fourth-order valence-corrected chi connectivity index (χ4v) is 1.54. The third kappa shape index (κ3) is 4.53. The smallest absolute Gasteiger partial charge is 0.257 e. The van der Waals surface area contributed by atoms with Gasteiger partial charge >= 0.3 is 0 Å². The normalized spacial score (nSPS) is 11.7. The minimum Gasteiger partial charge on any atom is -0.360 e. The van der Waals surface area contributed by atoms with Gasteiger partial charge in [-0.1, -0.05) is 24.6 Å². The maximum Gasteiger partial charge on any atom is 0.257 e. The van der Waals surface area contributed by atoms with Crippen LogP contribution in [0.25, 0.3) is 0 Å². The Labute approximate surface area is 108 Å². The van der Waals surface area contributed by atoms with Gasteiger partial charge in [0.1, 0.15) is 0 Å². The number of aryl methyl sites for hydroxylation is 1. The van der Waals surface area contributed by atoms with E-state index >= 15 is 0 Å². The second kappa shape index (κ2) is 6.35. The first-order chi connectivity index (χ1) is 8.02. The van der Waals surface area contributed by atoms with Crippen LogP contribution in [0.4, 0.5) is 0 Å². The molecule has 0 bridgehead atoms.